The Balaban J connectivity index is 2.06. The lowest BCUT2D eigenvalue weighted by molar-refractivity contribution is -0.121. The zero-order chi connectivity index (χ0) is 10.2. The average molecular weight is 196 g/mol. The van der Waals surface area contributed by atoms with E-state index in [2.05, 4.69) is 17.2 Å². The van der Waals surface area contributed by atoms with Gasteiger partial charge in [-0.3, -0.25) is 4.79 Å². The second kappa shape index (κ2) is 6.60. The molecule has 1 rings (SSSR count). The average Bonchev–Trinajstić information content (AvgIpc) is 2.25. The monoisotopic (exact) mass is 196 g/mol. The minimum Gasteiger partial charge on any atom is -0.356 e. The first-order chi connectivity index (χ1) is 6.83. The number of nitrogens with one attached hydrogen (secondary N) is 2. The Morgan fingerprint density at radius 3 is 2.86 bits per heavy atom. The van der Waals surface area contributed by atoms with Crippen LogP contribution in [0.15, 0.2) is 12.7 Å². The van der Waals surface area contributed by atoms with Crippen molar-refractivity contribution in [1.82, 2.24) is 10.6 Å². The third kappa shape index (κ3) is 4.42. The largest absolute Gasteiger partial charge is 0.356 e. The van der Waals surface area contributed by atoms with E-state index in [1.54, 1.807) is 6.08 Å². The van der Waals surface area contributed by atoms with E-state index in [0.29, 0.717) is 12.3 Å². The molecule has 0 radical (unpaired) electrons. The second-order valence-electron chi connectivity index (χ2n) is 3.82. The van der Waals surface area contributed by atoms with Crippen molar-refractivity contribution >= 4 is 5.91 Å². The van der Waals surface area contributed by atoms with Crippen molar-refractivity contribution in [2.24, 2.45) is 5.92 Å². The van der Waals surface area contributed by atoms with Gasteiger partial charge in [-0.15, -0.1) is 6.58 Å². The van der Waals surface area contributed by atoms with Crippen molar-refractivity contribution in [3.8, 4) is 0 Å². The Labute approximate surface area is 86.0 Å². The molecule has 1 amide bonds. The summed E-state index contributed by atoms with van der Waals surface area (Å²) in [4.78, 5) is 11.3. The van der Waals surface area contributed by atoms with Crippen LogP contribution in [0.3, 0.4) is 0 Å². The molecule has 3 heteroatoms. The predicted octanol–water partition coefficient (Wildman–Crippen LogP) is 1.07. The highest BCUT2D eigenvalue weighted by atomic mass is 16.1. The van der Waals surface area contributed by atoms with Crippen LogP contribution in [-0.4, -0.2) is 25.5 Å². The summed E-state index contributed by atoms with van der Waals surface area (Å²) >= 11 is 0. The van der Waals surface area contributed by atoms with Crippen LogP contribution < -0.4 is 10.6 Å². The molecule has 1 heterocycles. The Bertz CT molecular complexity index is 186. The van der Waals surface area contributed by atoms with Gasteiger partial charge in [-0.1, -0.05) is 6.08 Å². The number of hydrogen-bond donors (Lipinski definition) is 2. The van der Waals surface area contributed by atoms with Crippen molar-refractivity contribution in [3.05, 3.63) is 12.7 Å². The number of allylic oxidation sites excluding steroid dienone is 1. The molecule has 0 aliphatic carbocycles. The van der Waals surface area contributed by atoms with Crippen LogP contribution in [0.5, 0.6) is 0 Å². The zero-order valence-electron chi connectivity index (χ0n) is 8.72. The summed E-state index contributed by atoms with van der Waals surface area (Å²) in [6.07, 6.45) is 5.50. The molecule has 0 spiro atoms. The molecule has 1 saturated heterocycles. The lowest BCUT2D eigenvalue weighted by atomic mass is 9.98. The van der Waals surface area contributed by atoms with Gasteiger partial charge in [-0.05, 0) is 38.3 Å². The van der Waals surface area contributed by atoms with Gasteiger partial charge in [0.2, 0.25) is 5.91 Å². The molecule has 0 bridgehead atoms. The molecular formula is C11H20N2O. The molecule has 1 aliphatic rings. The SMILES string of the molecule is C=CCCC(=O)NCC1CCNCC1. The standard InChI is InChI=1S/C11H20N2O/c1-2-3-4-11(14)13-9-10-5-7-12-8-6-10/h2,10,12H,1,3-9H2,(H,13,14). The Morgan fingerprint density at radius 2 is 2.21 bits per heavy atom. The molecule has 1 fully saturated rings. The summed E-state index contributed by atoms with van der Waals surface area (Å²) in [7, 11) is 0. The molecule has 0 saturated carbocycles. The number of hydrogen-bond acceptors (Lipinski definition) is 2. The van der Waals surface area contributed by atoms with Gasteiger partial charge in [-0.25, -0.2) is 0 Å². The van der Waals surface area contributed by atoms with Crippen molar-refractivity contribution in [2.45, 2.75) is 25.7 Å². The zero-order valence-corrected chi connectivity index (χ0v) is 8.72. The molecule has 0 aromatic carbocycles. The fourth-order valence-electron chi connectivity index (χ4n) is 1.67. The maximum atomic E-state index is 11.3. The molecule has 0 aromatic rings. The van der Waals surface area contributed by atoms with E-state index < -0.39 is 0 Å². The molecule has 3 nitrogen and oxygen atoms in total. The lowest BCUT2D eigenvalue weighted by Gasteiger charge is -2.22. The van der Waals surface area contributed by atoms with Gasteiger partial charge in [-0.2, -0.15) is 0 Å². The fourth-order valence-corrected chi connectivity index (χ4v) is 1.67. The van der Waals surface area contributed by atoms with Gasteiger partial charge in [0.25, 0.3) is 0 Å². The van der Waals surface area contributed by atoms with E-state index in [0.717, 1.165) is 26.1 Å². The normalized spacial score (nSPS) is 17.7. The van der Waals surface area contributed by atoms with Gasteiger partial charge in [0, 0.05) is 13.0 Å². The number of carbonyl (C=O) groups is 1. The first-order valence-corrected chi connectivity index (χ1v) is 5.41. The summed E-state index contributed by atoms with van der Waals surface area (Å²) in [5.74, 6) is 0.826. The van der Waals surface area contributed by atoms with Gasteiger partial charge in [0.15, 0.2) is 0 Å². The van der Waals surface area contributed by atoms with Crippen molar-refractivity contribution in [1.29, 1.82) is 0 Å². The minimum absolute atomic E-state index is 0.156. The summed E-state index contributed by atoms with van der Waals surface area (Å²) < 4.78 is 0. The minimum atomic E-state index is 0.156. The van der Waals surface area contributed by atoms with E-state index in [1.807, 2.05) is 0 Å². The second-order valence-corrected chi connectivity index (χ2v) is 3.82. The fraction of sp³-hybridized carbons (Fsp3) is 0.727. The van der Waals surface area contributed by atoms with Crippen LogP contribution in [-0.2, 0) is 4.79 Å². The highest BCUT2D eigenvalue weighted by Gasteiger charge is 2.13. The van der Waals surface area contributed by atoms with Crippen molar-refractivity contribution in [3.63, 3.8) is 0 Å². The first kappa shape index (κ1) is 11.2. The smallest absolute Gasteiger partial charge is 0.220 e. The maximum Gasteiger partial charge on any atom is 0.220 e. The number of amides is 1. The van der Waals surface area contributed by atoms with Crippen molar-refractivity contribution in [2.75, 3.05) is 19.6 Å². The quantitative estimate of drug-likeness (QED) is 0.646. The van der Waals surface area contributed by atoms with Gasteiger partial charge in [0.1, 0.15) is 0 Å². The maximum absolute atomic E-state index is 11.3. The summed E-state index contributed by atoms with van der Waals surface area (Å²) in [5.41, 5.74) is 0. The van der Waals surface area contributed by atoms with Gasteiger partial charge < -0.3 is 10.6 Å². The van der Waals surface area contributed by atoms with E-state index in [4.69, 9.17) is 0 Å². The van der Waals surface area contributed by atoms with E-state index in [9.17, 15) is 4.79 Å². The molecule has 0 aromatic heterocycles. The highest BCUT2D eigenvalue weighted by molar-refractivity contribution is 5.75. The van der Waals surface area contributed by atoms with Gasteiger partial charge in [0.05, 0.1) is 0 Å². The Morgan fingerprint density at radius 1 is 1.50 bits per heavy atom. The van der Waals surface area contributed by atoms with Crippen LogP contribution in [0.4, 0.5) is 0 Å². The lowest BCUT2D eigenvalue weighted by Crippen LogP contribution is -2.35. The number of carbonyl (C=O) groups excluding carboxylic acids is 1. The third-order valence-corrected chi connectivity index (χ3v) is 2.62. The van der Waals surface area contributed by atoms with E-state index >= 15 is 0 Å². The topological polar surface area (TPSA) is 41.1 Å². The molecule has 14 heavy (non-hydrogen) atoms. The number of piperidine rings is 1. The predicted molar refractivity (Wildman–Crippen MR) is 58.0 cm³/mol. The summed E-state index contributed by atoms with van der Waals surface area (Å²) in [6.45, 7) is 6.62. The number of rotatable bonds is 5. The third-order valence-electron chi connectivity index (χ3n) is 2.62. The van der Waals surface area contributed by atoms with Gasteiger partial charge >= 0.3 is 0 Å². The molecular weight excluding hydrogens is 176 g/mol. The van der Waals surface area contributed by atoms with E-state index in [-0.39, 0.29) is 5.91 Å². The highest BCUT2D eigenvalue weighted by Crippen LogP contribution is 2.09. The molecule has 0 atom stereocenters. The Hall–Kier alpha value is -0.830. The van der Waals surface area contributed by atoms with Crippen LogP contribution >= 0.6 is 0 Å². The Kier molecular flexibility index (Phi) is 5.30. The summed E-state index contributed by atoms with van der Waals surface area (Å²) in [6, 6.07) is 0. The van der Waals surface area contributed by atoms with Crippen LogP contribution in [0, 0.1) is 5.92 Å². The van der Waals surface area contributed by atoms with E-state index in [1.165, 1.54) is 12.8 Å². The van der Waals surface area contributed by atoms with Crippen LogP contribution in [0.25, 0.3) is 0 Å². The van der Waals surface area contributed by atoms with Crippen LogP contribution in [0.2, 0.25) is 0 Å². The summed E-state index contributed by atoms with van der Waals surface area (Å²) in [5, 5.41) is 6.28. The van der Waals surface area contributed by atoms with Crippen LogP contribution in [0.1, 0.15) is 25.7 Å². The molecule has 80 valence electrons. The van der Waals surface area contributed by atoms with Crippen molar-refractivity contribution < 1.29 is 4.79 Å². The molecule has 0 unspecified atom stereocenters. The first-order valence-electron chi connectivity index (χ1n) is 5.41. The molecule has 2 N–H and O–H groups in total. The molecule has 1 aliphatic heterocycles.